The molecule has 1 aromatic heterocycles. The highest BCUT2D eigenvalue weighted by Crippen LogP contribution is 2.29. The maximum Gasteiger partial charge on any atom is 0.416 e. The Morgan fingerprint density at radius 3 is 2.46 bits per heavy atom. The van der Waals surface area contributed by atoms with E-state index in [1.807, 2.05) is 0 Å². The van der Waals surface area contributed by atoms with E-state index in [0.717, 1.165) is 29.7 Å². The number of carbonyl (C=O) groups excluding carboxylic acids is 1. The van der Waals surface area contributed by atoms with Crippen LogP contribution in [0.3, 0.4) is 0 Å². The average molecular weight is 390 g/mol. The van der Waals surface area contributed by atoms with Crippen molar-refractivity contribution in [3.8, 4) is 5.75 Å². The maximum atomic E-state index is 12.6. The number of carbonyl (C=O) groups is 1. The second-order valence-corrected chi connectivity index (χ2v) is 6.16. The highest BCUT2D eigenvalue weighted by atomic mass is 19.4. The molecule has 0 saturated heterocycles. The van der Waals surface area contributed by atoms with Gasteiger partial charge in [-0.05, 0) is 55.0 Å². The number of pyridine rings is 1. The van der Waals surface area contributed by atoms with Gasteiger partial charge in [-0.3, -0.25) is 9.59 Å². The molecule has 0 fully saturated rings. The molecule has 0 spiro atoms. The number of hydrogen-bond acceptors (Lipinski definition) is 3. The Morgan fingerprint density at radius 2 is 1.82 bits per heavy atom. The summed E-state index contributed by atoms with van der Waals surface area (Å²) in [5.74, 6) is 0.147. The van der Waals surface area contributed by atoms with Crippen LogP contribution in [0.15, 0.2) is 53.3 Å². The Labute approximate surface area is 158 Å². The SMILES string of the molecule is COc1ccc2[nH]c(=O)c(CCNC(=O)c3ccc(C(F)(F)F)cc3)cc2c1. The van der Waals surface area contributed by atoms with Crippen molar-refractivity contribution in [1.82, 2.24) is 10.3 Å². The van der Waals surface area contributed by atoms with E-state index in [1.54, 1.807) is 31.4 Å². The van der Waals surface area contributed by atoms with Gasteiger partial charge in [-0.2, -0.15) is 13.2 Å². The first-order valence-electron chi connectivity index (χ1n) is 8.43. The molecule has 8 heteroatoms. The number of hydrogen-bond donors (Lipinski definition) is 2. The number of ether oxygens (including phenoxy) is 1. The zero-order valence-corrected chi connectivity index (χ0v) is 14.9. The third-order valence-electron chi connectivity index (χ3n) is 4.28. The number of fused-ring (bicyclic) bond motifs is 1. The van der Waals surface area contributed by atoms with Crippen LogP contribution in [-0.4, -0.2) is 24.5 Å². The van der Waals surface area contributed by atoms with Crippen LogP contribution in [0.5, 0.6) is 5.75 Å². The van der Waals surface area contributed by atoms with Gasteiger partial charge in [0.2, 0.25) is 0 Å². The summed E-state index contributed by atoms with van der Waals surface area (Å²) in [6, 6.07) is 10.9. The highest BCUT2D eigenvalue weighted by molar-refractivity contribution is 5.94. The fourth-order valence-corrected chi connectivity index (χ4v) is 2.77. The van der Waals surface area contributed by atoms with Crippen molar-refractivity contribution in [2.75, 3.05) is 13.7 Å². The molecule has 146 valence electrons. The lowest BCUT2D eigenvalue weighted by molar-refractivity contribution is -0.137. The first-order chi connectivity index (χ1) is 13.3. The lowest BCUT2D eigenvalue weighted by Gasteiger charge is -2.09. The van der Waals surface area contributed by atoms with Crippen LogP contribution < -0.4 is 15.6 Å². The fourth-order valence-electron chi connectivity index (χ4n) is 2.77. The predicted octanol–water partition coefficient (Wildman–Crippen LogP) is 3.53. The van der Waals surface area contributed by atoms with Crippen LogP contribution in [0.25, 0.3) is 10.9 Å². The second-order valence-electron chi connectivity index (χ2n) is 6.16. The summed E-state index contributed by atoms with van der Waals surface area (Å²) < 4.78 is 42.9. The van der Waals surface area contributed by atoms with Gasteiger partial charge in [-0.1, -0.05) is 0 Å². The van der Waals surface area contributed by atoms with Gasteiger partial charge in [0.15, 0.2) is 0 Å². The van der Waals surface area contributed by atoms with Crippen molar-refractivity contribution in [2.24, 2.45) is 0 Å². The number of aromatic amines is 1. The molecule has 0 radical (unpaired) electrons. The number of H-pyrrole nitrogens is 1. The number of benzene rings is 2. The summed E-state index contributed by atoms with van der Waals surface area (Å²) >= 11 is 0. The van der Waals surface area contributed by atoms with Gasteiger partial charge in [0.25, 0.3) is 11.5 Å². The summed E-state index contributed by atoms with van der Waals surface area (Å²) in [5, 5.41) is 3.40. The monoisotopic (exact) mass is 390 g/mol. The van der Waals surface area contributed by atoms with E-state index < -0.39 is 17.6 Å². The van der Waals surface area contributed by atoms with E-state index >= 15 is 0 Å². The van der Waals surface area contributed by atoms with Crippen LogP contribution in [0.1, 0.15) is 21.5 Å². The van der Waals surface area contributed by atoms with Crippen molar-refractivity contribution >= 4 is 16.8 Å². The zero-order chi connectivity index (χ0) is 20.3. The van der Waals surface area contributed by atoms with Gasteiger partial charge in [0.1, 0.15) is 5.75 Å². The van der Waals surface area contributed by atoms with E-state index in [-0.39, 0.29) is 24.1 Å². The molecule has 5 nitrogen and oxygen atoms in total. The third kappa shape index (κ3) is 4.33. The number of rotatable bonds is 5. The Hall–Kier alpha value is -3.29. The van der Waals surface area contributed by atoms with Crippen LogP contribution in [0.4, 0.5) is 13.2 Å². The molecular weight excluding hydrogens is 373 g/mol. The largest absolute Gasteiger partial charge is 0.497 e. The van der Waals surface area contributed by atoms with E-state index in [0.29, 0.717) is 16.8 Å². The lowest BCUT2D eigenvalue weighted by Crippen LogP contribution is -2.27. The van der Waals surface area contributed by atoms with E-state index in [9.17, 15) is 22.8 Å². The first-order valence-corrected chi connectivity index (χ1v) is 8.43. The van der Waals surface area contributed by atoms with E-state index in [2.05, 4.69) is 10.3 Å². The Kier molecular flexibility index (Phi) is 5.39. The van der Waals surface area contributed by atoms with Gasteiger partial charge >= 0.3 is 6.18 Å². The van der Waals surface area contributed by atoms with Crippen LogP contribution in [-0.2, 0) is 12.6 Å². The zero-order valence-electron chi connectivity index (χ0n) is 14.9. The lowest BCUT2D eigenvalue weighted by atomic mass is 10.1. The van der Waals surface area contributed by atoms with Crippen molar-refractivity contribution in [3.05, 3.63) is 75.6 Å². The maximum absolute atomic E-state index is 12.6. The fraction of sp³-hybridized carbons (Fsp3) is 0.200. The van der Waals surface area contributed by atoms with Crippen LogP contribution in [0, 0.1) is 0 Å². The van der Waals surface area contributed by atoms with Crippen molar-refractivity contribution < 1.29 is 22.7 Å². The Bertz CT molecular complexity index is 1060. The van der Waals surface area contributed by atoms with Gasteiger partial charge in [-0.25, -0.2) is 0 Å². The number of methoxy groups -OCH3 is 1. The molecule has 3 rings (SSSR count). The van der Waals surface area contributed by atoms with Gasteiger partial charge in [0.05, 0.1) is 12.7 Å². The molecule has 2 N–H and O–H groups in total. The third-order valence-corrected chi connectivity index (χ3v) is 4.28. The molecule has 0 aliphatic heterocycles. The molecule has 1 amide bonds. The van der Waals surface area contributed by atoms with Crippen molar-refractivity contribution in [3.63, 3.8) is 0 Å². The minimum absolute atomic E-state index is 0.116. The summed E-state index contributed by atoms with van der Waals surface area (Å²) in [5.41, 5.74) is 0.186. The number of nitrogens with one attached hydrogen (secondary N) is 2. The molecule has 0 unspecified atom stereocenters. The second kappa shape index (κ2) is 7.75. The number of halogens is 3. The summed E-state index contributed by atoms with van der Waals surface area (Å²) in [7, 11) is 1.55. The van der Waals surface area contributed by atoms with Crippen LogP contribution >= 0.6 is 0 Å². The Morgan fingerprint density at radius 1 is 1.11 bits per heavy atom. The summed E-state index contributed by atoms with van der Waals surface area (Å²) in [4.78, 5) is 27.0. The van der Waals surface area contributed by atoms with Crippen molar-refractivity contribution in [1.29, 1.82) is 0 Å². The number of alkyl halides is 3. The molecule has 3 aromatic rings. The van der Waals surface area contributed by atoms with E-state index in [1.165, 1.54) is 0 Å². The summed E-state index contributed by atoms with van der Waals surface area (Å²) in [6.45, 7) is 0.165. The van der Waals surface area contributed by atoms with Crippen LogP contribution in [0.2, 0.25) is 0 Å². The van der Waals surface area contributed by atoms with E-state index in [4.69, 9.17) is 4.74 Å². The molecule has 0 aliphatic carbocycles. The molecule has 0 bridgehead atoms. The molecule has 1 heterocycles. The molecule has 0 saturated carbocycles. The summed E-state index contributed by atoms with van der Waals surface area (Å²) in [6.07, 6.45) is -4.18. The normalized spacial score (nSPS) is 11.4. The minimum Gasteiger partial charge on any atom is -0.497 e. The van der Waals surface area contributed by atoms with Gasteiger partial charge < -0.3 is 15.0 Å². The number of amides is 1. The molecule has 28 heavy (non-hydrogen) atoms. The number of aromatic nitrogens is 1. The topological polar surface area (TPSA) is 71.2 Å². The predicted molar refractivity (Wildman–Crippen MR) is 98.6 cm³/mol. The van der Waals surface area contributed by atoms with Crippen molar-refractivity contribution in [2.45, 2.75) is 12.6 Å². The molecular formula is C20H17F3N2O3. The molecule has 0 aliphatic rings. The van der Waals surface area contributed by atoms with Gasteiger partial charge in [0, 0.05) is 28.6 Å². The standard InChI is InChI=1S/C20H17F3N2O3/c1-28-16-6-7-17-14(11-16)10-13(19(27)25-17)8-9-24-18(26)12-2-4-15(5-3-12)20(21,22)23/h2-7,10-11H,8-9H2,1H3,(H,24,26)(H,25,27). The molecule has 2 aromatic carbocycles. The minimum atomic E-state index is -4.45. The highest BCUT2D eigenvalue weighted by Gasteiger charge is 2.30. The average Bonchev–Trinajstić information content (AvgIpc) is 2.67. The smallest absolute Gasteiger partial charge is 0.416 e. The first kappa shape index (κ1) is 19.5. The van der Waals surface area contributed by atoms with Gasteiger partial charge in [-0.15, -0.1) is 0 Å². The quantitative estimate of drug-likeness (QED) is 0.700. The Balaban J connectivity index is 1.66. The molecule has 0 atom stereocenters.